The van der Waals surface area contributed by atoms with Crippen molar-refractivity contribution in [3.8, 4) is 0 Å². The van der Waals surface area contributed by atoms with Crippen LogP contribution in [0.1, 0.15) is 5.56 Å². The lowest BCUT2D eigenvalue weighted by atomic mass is 10.1. The molecule has 0 aliphatic carbocycles. The predicted octanol–water partition coefficient (Wildman–Crippen LogP) is 4.18. The number of thioether (sulfide) groups is 1. The normalized spacial score (nSPS) is 16.8. The molecule has 104 valence electrons. The van der Waals surface area contributed by atoms with Gasteiger partial charge in [0.25, 0.3) is 5.91 Å². The van der Waals surface area contributed by atoms with Crippen LogP contribution in [-0.2, 0) is 11.2 Å². The van der Waals surface area contributed by atoms with Gasteiger partial charge in [-0.05, 0) is 24.1 Å². The molecule has 1 aliphatic heterocycles. The van der Waals surface area contributed by atoms with Crippen molar-refractivity contribution in [3.63, 3.8) is 0 Å². The van der Waals surface area contributed by atoms with Crippen molar-refractivity contribution < 1.29 is 4.79 Å². The Morgan fingerprint density at radius 2 is 1.62 bits per heavy atom. The molecule has 0 spiro atoms. The lowest BCUT2D eigenvalue weighted by Crippen LogP contribution is -2.27. The lowest BCUT2D eigenvalue weighted by Gasteiger charge is -2.13. The van der Waals surface area contributed by atoms with Gasteiger partial charge in [0.2, 0.25) is 0 Å². The van der Waals surface area contributed by atoms with E-state index in [0.29, 0.717) is 9.23 Å². The van der Waals surface area contributed by atoms with Crippen molar-refractivity contribution in [1.82, 2.24) is 0 Å². The number of carbonyl (C=O) groups is 1. The first-order valence-corrected chi connectivity index (χ1v) is 7.83. The summed E-state index contributed by atoms with van der Waals surface area (Å²) >= 11 is 6.70. The smallest absolute Gasteiger partial charge is 0.268 e. The summed E-state index contributed by atoms with van der Waals surface area (Å²) in [5, 5.41) is 0. The van der Waals surface area contributed by atoms with Crippen LogP contribution in [0.3, 0.4) is 0 Å². The minimum absolute atomic E-state index is 0.0351. The van der Waals surface area contributed by atoms with E-state index in [9.17, 15) is 4.79 Å². The second-order valence-corrected chi connectivity index (χ2v) is 6.28. The van der Waals surface area contributed by atoms with E-state index in [0.717, 1.165) is 12.1 Å². The van der Waals surface area contributed by atoms with Gasteiger partial charge in [-0.2, -0.15) is 0 Å². The third-order valence-electron chi connectivity index (χ3n) is 3.17. The quantitative estimate of drug-likeness (QED) is 0.626. The summed E-state index contributed by atoms with van der Waals surface area (Å²) in [6.07, 6.45) is 2.69. The molecule has 0 radical (unpaired) electrons. The summed E-state index contributed by atoms with van der Waals surface area (Å²) in [6.45, 7) is 0. The van der Waals surface area contributed by atoms with Crippen molar-refractivity contribution in [2.24, 2.45) is 0 Å². The number of nitrogens with zero attached hydrogens (tertiary/aromatic N) is 1. The molecule has 21 heavy (non-hydrogen) atoms. The van der Waals surface area contributed by atoms with E-state index in [1.807, 2.05) is 54.6 Å². The van der Waals surface area contributed by atoms with Gasteiger partial charge in [-0.1, -0.05) is 78.6 Å². The van der Waals surface area contributed by atoms with Gasteiger partial charge in [-0.25, -0.2) is 0 Å². The van der Waals surface area contributed by atoms with Gasteiger partial charge in [0, 0.05) is 0 Å². The molecular weight excluding hydrogens is 298 g/mol. The maximum Gasteiger partial charge on any atom is 0.270 e. The minimum atomic E-state index is -0.0351. The molecule has 1 aliphatic rings. The number of thiocarbonyl (C=S) groups is 1. The minimum Gasteiger partial charge on any atom is -0.268 e. The van der Waals surface area contributed by atoms with E-state index < -0.39 is 0 Å². The zero-order valence-electron chi connectivity index (χ0n) is 11.2. The molecular formula is C17H13NOS2. The van der Waals surface area contributed by atoms with Crippen LogP contribution in [0, 0.1) is 0 Å². The number of amides is 1. The van der Waals surface area contributed by atoms with Crippen LogP contribution in [0.5, 0.6) is 0 Å². The maximum atomic E-state index is 12.5. The first-order chi connectivity index (χ1) is 10.3. The molecule has 1 amide bonds. The molecule has 0 atom stereocenters. The van der Waals surface area contributed by atoms with E-state index >= 15 is 0 Å². The molecule has 1 heterocycles. The van der Waals surface area contributed by atoms with Crippen LogP contribution >= 0.6 is 24.0 Å². The Morgan fingerprint density at radius 3 is 2.29 bits per heavy atom. The van der Waals surface area contributed by atoms with Gasteiger partial charge >= 0.3 is 0 Å². The van der Waals surface area contributed by atoms with Gasteiger partial charge in [-0.15, -0.1) is 0 Å². The molecule has 2 aromatic rings. The first-order valence-electron chi connectivity index (χ1n) is 6.61. The Kier molecular flexibility index (Phi) is 4.18. The summed E-state index contributed by atoms with van der Waals surface area (Å²) in [5.41, 5.74) is 2.01. The summed E-state index contributed by atoms with van der Waals surface area (Å²) in [7, 11) is 0. The summed E-state index contributed by atoms with van der Waals surface area (Å²) in [5.74, 6) is -0.0351. The van der Waals surface area contributed by atoms with Crippen molar-refractivity contribution in [3.05, 3.63) is 77.2 Å². The van der Waals surface area contributed by atoms with Crippen LogP contribution in [0.2, 0.25) is 0 Å². The highest BCUT2D eigenvalue weighted by atomic mass is 32.2. The molecule has 1 fully saturated rings. The average Bonchev–Trinajstić information content (AvgIpc) is 2.81. The molecule has 3 rings (SSSR count). The highest BCUT2D eigenvalue weighted by molar-refractivity contribution is 8.27. The number of hydrogen-bond donors (Lipinski definition) is 0. The average molecular weight is 311 g/mol. The number of anilines is 1. The van der Waals surface area contributed by atoms with Gasteiger partial charge in [0.1, 0.15) is 0 Å². The second-order valence-electron chi connectivity index (χ2n) is 4.60. The molecule has 0 saturated carbocycles. The van der Waals surface area contributed by atoms with Crippen LogP contribution < -0.4 is 4.90 Å². The molecule has 2 aromatic carbocycles. The summed E-state index contributed by atoms with van der Waals surface area (Å²) in [6, 6.07) is 19.6. The number of rotatable bonds is 3. The standard InChI is InChI=1S/C17H13NOS2/c19-16-15(12-11-13-7-3-1-4-8-13)21-17(20)18(16)14-9-5-2-6-10-14/h1-10,12H,11H2/b15-12+. The van der Waals surface area contributed by atoms with Gasteiger partial charge < -0.3 is 0 Å². The highest BCUT2D eigenvalue weighted by Crippen LogP contribution is 2.34. The molecule has 0 unspecified atom stereocenters. The molecule has 1 saturated heterocycles. The van der Waals surface area contributed by atoms with E-state index in [1.54, 1.807) is 4.90 Å². The Morgan fingerprint density at radius 1 is 1.00 bits per heavy atom. The van der Waals surface area contributed by atoms with Crippen LogP contribution in [0.15, 0.2) is 71.6 Å². The van der Waals surface area contributed by atoms with Crippen molar-refractivity contribution in [2.45, 2.75) is 6.42 Å². The third-order valence-corrected chi connectivity index (χ3v) is 4.53. The van der Waals surface area contributed by atoms with Crippen molar-refractivity contribution in [2.75, 3.05) is 4.90 Å². The molecule has 0 aromatic heterocycles. The van der Waals surface area contributed by atoms with E-state index in [-0.39, 0.29) is 5.91 Å². The van der Waals surface area contributed by atoms with Crippen LogP contribution in [0.25, 0.3) is 0 Å². The summed E-state index contributed by atoms with van der Waals surface area (Å²) in [4.78, 5) is 14.8. The Labute approximate surface area is 133 Å². The fourth-order valence-corrected chi connectivity index (χ4v) is 3.40. The monoisotopic (exact) mass is 311 g/mol. The Hall–Kier alpha value is -1.91. The maximum absolute atomic E-state index is 12.5. The zero-order valence-corrected chi connectivity index (χ0v) is 12.9. The van der Waals surface area contributed by atoms with Gasteiger partial charge in [-0.3, -0.25) is 9.69 Å². The highest BCUT2D eigenvalue weighted by Gasteiger charge is 2.32. The van der Waals surface area contributed by atoms with E-state index in [1.165, 1.54) is 17.3 Å². The molecule has 0 N–H and O–H groups in total. The second kappa shape index (κ2) is 6.24. The van der Waals surface area contributed by atoms with Crippen LogP contribution in [0.4, 0.5) is 5.69 Å². The van der Waals surface area contributed by atoms with Gasteiger partial charge in [0.15, 0.2) is 4.32 Å². The largest absolute Gasteiger partial charge is 0.270 e. The molecule has 4 heteroatoms. The fourth-order valence-electron chi connectivity index (χ4n) is 2.13. The number of hydrogen-bond acceptors (Lipinski definition) is 3. The van der Waals surface area contributed by atoms with E-state index in [2.05, 4.69) is 12.1 Å². The lowest BCUT2D eigenvalue weighted by molar-refractivity contribution is -0.113. The zero-order chi connectivity index (χ0) is 14.7. The molecule has 0 bridgehead atoms. The fraction of sp³-hybridized carbons (Fsp3) is 0.0588. The predicted molar refractivity (Wildman–Crippen MR) is 92.3 cm³/mol. The van der Waals surface area contributed by atoms with Crippen LogP contribution in [-0.4, -0.2) is 10.2 Å². The first kappa shape index (κ1) is 14.0. The third kappa shape index (κ3) is 3.06. The van der Waals surface area contributed by atoms with Gasteiger partial charge in [0.05, 0.1) is 10.6 Å². The Balaban J connectivity index is 1.81. The summed E-state index contributed by atoms with van der Waals surface area (Å²) < 4.78 is 0.588. The van der Waals surface area contributed by atoms with E-state index in [4.69, 9.17) is 12.2 Å². The number of carbonyl (C=O) groups excluding carboxylic acids is 1. The van der Waals surface area contributed by atoms with Crippen molar-refractivity contribution in [1.29, 1.82) is 0 Å². The topological polar surface area (TPSA) is 20.3 Å². The Bertz CT molecular complexity index is 695. The number of allylic oxidation sites excluding steroid dienone is 1. The SMILES string of the molecule is O=C1/C(=C\Cc2ccccc2)SC(=S)N1c1ccccc1. The number of para-hydroxylation sites is 1. The van der Waals surface area contributed by atoms with Crippen molar-refractivity contribution >= 4 is 39.9 Å². The molecule has 2 nitrogen and oxygen atoms in total. The number of benzene rings is 2.